The molecule has 1 heterocycles. The van der Waals surface area contributed by atoms with E-state index in [1.54, 1.807) is 0 Å². The molecule has 3 nitrogen and oxygen atoms in total. The van der Waals surface area contributed by atoms with Gasteiger partial charge >= 0.3 is 0 Å². The Hall–Kier alpha value is -0.570. The van der Waals surface area contributed by atoms with E-state index in [0.29, 0.717) is 23.8 Å². The summed E-state index contributed by atoms with van der Waals surface area (Å²) in [6.45, 7) is 2.01. The van der Waals surface area contributed by atoms with E-state index in [1.807, 2.05) is 0 Å². The minimum Gasteiger partial charge on any atom is -0.342 e. The van der Waals surface area contributed by atoms with Gasteiger partial charge in [-0.2, -0.15) is 0 Å². The first-order chi connectivity index (χ1) is 7.74. The lowest BCUT2D eigenvalue weighted by Crippen LogP contribution is -2.37. The van der Waals surface area contributed by atoms with Crippen LogP contribution in [0.15, 0.2) is 0 Å². The molecule has 2 aliphatic carbocycles. The Morgan fingerprint density at radius 3 is 2.50 bits per heavy atom. The van der Waals surface area contributed by atoms with E-state index in [1.165, 1.54) is 12.8 Å². The Morgan fingerprint density at radius 2 is 1.81 bits per heavy atom. The molecule has 1 amide bonds. The van der Waals surface area contributed by atoms with E-state index in [-0.39, 0.29) is 0 Å². The first-order valence-corrected chi connectivity index (χ1v) is 6.78. The van der Waals surface area contributed by atoms with Crippen LogP contribution >= 0.6 is 0 Å². The van der Waals surface area contributed by atoms with Gasteiger partial charge < -0.3 is 10.6 Å². The van der Waals surface area contributed by atoms with Crippen LogP contribution in [-0.4, -0.2) is 29.9 Å². The van der Waals surface area contributed by atoms with Crippen LogP contribution in [0.4, 0.5) is 0 Å². The zero-order valence-corrected chi connectivity index (χ0v) is 9.90. The summed E-state index contributed by atoms with van der Waals surface area (Å²) < 4.78 is 0. The number of rotatable bonds is 1. The number of carbonyl (C=O) groups excluding carboxylic acids is 1. The predicted molar refractivity (Wildman–Crippen MR) is 62.7 cm³/mol. The molecule has 2 N–H and O–H groups in total. The van der Waals surface area contributed by atoms with E-state index >= 15 is 0 Å². The second kappa shape index (κ2) is 4.02. The summed E-state index contributed by atoms with van der Waals surface area (Å²) in [5.41, 5.74) is 6.01. The summed E-state index contributed by atoms with van der Waals surface area (Å²) >= 11 is 0. The summed E-state index contributed by atoms with van der Waals surface area (Å²) in [5.74, 6) is 2.26. The van der Waals surface area contributed by atoms with Crippen LogP contribution in [0.25, 0.3) is 0 Å². The second-order valence-electron chi connectivity index (χ2n) is 5.96. The van der Waals surface area contributed by atoms with Crippen LogP contribution < -0.4 is 5.73 Å². The summed E-state index contributed by atoms with van der Waals surface area (Å²) in [5, 5.41) is 0. The molecule has 2 saturated carbocycles. The number of likely N-dealkylation sites (tertiary alicyclic amines) is 1. The van der Waals surface area contributed by atoms with Crippen LogP contribution in [0.2, 0.25) is 0 Å². The molecule has 3 atom stereocenters. The molecular formula is C13H22N2O. The average molecular weight is 222 g/mol. The van der Waals surface area contributed by atoms with Crippen molar-refractivity contribution in [3.05, 3.63) is 0 Å². The SMILES string of the molecule is NC1CC[C@@H]2CN(C(=O)C3CCC3)C[C@@H]2C1. The van der Waals surface area contributed by atoms with E-state index in [0.717, 1.165) is 44.7 Å². The van der Waals surface area contributed by atoms with Crippen LogP contribution in [0.1, 0.15) is 38.5 Å². The van der Waals surface area contributed by atoms with Gasteiger partial charge in [-0.05, 0) is 43.9 Å². The number of carbonyl (C=O) groups is 1. The van der Waals surface area contributed by atoms with Gasteiger partial charge in [0.1, 0.15) is 0 Å². The van der Waals surface area contributed by atoms with Gasteiger partial charge in [-0.1, -0.05) is 6.42 Å². The number of nitrogens with zero attached hydrogens (tertiary/aromatic N) is 1. The van der Waals surface area contributed by atoms with Crippen LogP contribution in [0.5, 0.6) is 0 Å². The predicted octanol–water partition coefficient (Wildman–Crippen LogP) is 1.37. The molecule has 3 fully saturated rings. The molecule has 1 unspecified atom stereocenters. The van der Waals surface area contributed by atoms with E-state index in [2.05, 4.69) is 4.90 Å². The minimum atomic E-state index is 0.369. The lowest BCUT2D eigenvalue weighted by molar-refractivity contribution is -0.137. The van der Waals surface area contributed by atoms with Gasteiger partial charge in [-0.25, -0.2) is 0 Å². The van der Waals surface area contributed by atoms with Gasteiger partial charge in [-0.15, -0.1) is 0 Å². The van der Waals surface area contributed by atoms with Crippen LogP contribution in [0.3, 0.4) is 0 Å². The monoisotopic (exact) mass is 222 g/mol. The maximum absolute atomic E-state index is 12.1. The van der Waals surface area contributed by atoms with Crippen molar-refractivity contribution < 1.29 is 4.79 Å². The normalized spacial score (nSPS) is 39.3. The van der Waals surface area contributed by atoms with Crippen molar-refractivity contribution in [3.63, 3.8) is 0 Å². The zero-order chi connectivity index (χ0) is 11.1. The molecular weight excluding hydrogens is 200 g/mol. The van der Waals surface area contributed by atoms with Crippen molar-refractivity contribution in [2.24, 2.45) is 23.5 Å². The Bertz CT molecular complexity index is 288. The number of nitrogens with two attached hydrogens (primary N) is 1. The Kier molecular flexibility index (Phi) is 2.66. The standard InChI is InChI=1S/C13H22N2O/c14-12-5-4-10-7-15(8-11(10)6-12)13(16)9-2-1-3-9/h9-12H,1-8,14H2/t10-,11+,12?/m1/s1. The molecule has 0 aromatic heterocycles. The second-order valence-corrected chi connectivity index (χ2v) is 5.96. The fourth-order valence-electron chi connectivity index (χ4n) is 3.56. The van der Waals surface area contributed by atoms with Crippen molar-refractivity contribution in [1.29, 1.82) is 0 Å². The van der Waals surface area contributed by atoms with E-state index in [9.17, 15) is 4.79 Å². The highest BCUT2D eigenvalue weighted by molar-refractivity contribution is 5.79. The highest BCUT2D eigenvalue weighted by Crippen LogP contribution is 2.38. The molecule has 16 heavy (non-hydrogen) atoms. The molecule has 0 radical (unpaired) electrons. The van der Waals surface area contributed by atoms with Crippen molar-refractivity contribution >= 4 is 5.91 Å². The molecule has 1 aliphatic heterocycles. The maximum atomic E-state index is 12.1. The highest BCUT2D eigenvalue weighted by Gasteiger charge is 2.40. The Labute approximate surface area is 97.4 Å². The Morgan fingerprint density at radius 1 is 1.06 bits per heavy atom. The number of hydrogen-bond acceptors (Lipinski definition) is 2. The van der Waals surface area contributed by atoms with E-state index in [4.69, 9.17) is 5.73 Å². The molecule has 3 aliphatic rings. The van der Waals surface area contributed by atoms with Gasteiger partial charge in [0, 0.05) is 25.0 Å². The average Bonchev–Trinajstić information content (AvgIpc) is 2.57. The minimum absolute atomic E-state index is 0.369. The number of hydrogen-bond donors (Lipinski definition) is 1. The third kappa shape index (κ3) is 1.75. The van der Waals surface area contributed by atoms with E-state index < -0.39 is 0 Å². The fourth-order valence-corrected chi connectivity index (χ4v) is 3.56. The third-order valence-electron chi connectivity index (χ3n) is 4.86. The quantitative estimate of drug-likeness (QED) is 0.728. The molecule has 90 valence electrons. The maximum Gasteiger partial charge on any atom is 0.225 e. The lowest BCUT2D eigenvalue weighted by atomic mass is 9.79. The van der Waals surface area contributed by atoms with Crippen LogP contribution in [0, 0.1) is 17.8 Å². The highest BCUT2D eigenvalue weighted by atomic mass is 16.2. The van der Waals surface area contributed by atoms with Gasteiger partial charge in [0.05, 0.1) is 0 Å². The molecule has 0 aromatic carbocycles. The summed E-state index contributed by atoms with van der Waals surface area (Å²) in [6, 6.07) is 0.389. The zero-order valence-electron chi connectivity index (χ0n) is 9.90. The Balaban J connectivity index is 1.61. The lowest BCUT2D eigenvalue weighted by Gasteiger charge is -2.29. The topological polar surface area (TPSA) is 46.3 Å². The number of amides is 1. The van der Waals surface area contributed by atoms with Gasteiger partial charge in [0.15, 0.2) is 0 Å². The first-order valence-electron chi connectivity index (χ1n) is 6.78. The fraction of sp³-hybridized carbons (Fsp3) is 0.923. The van der Waals surface area contributed by atoms with Crippen molar-refractivity contribution in [2.75, 3.05) is 13.1 Å². The van der Waals surface area contributed by atoms with Crippen molar-refractivity contribution in [1.82, 2.24) is 4.90 Å². The first kappa shape index (κ1) is 10.6. The molecule has 3 heteroatoms. The molecule has 0 spiro atoms. The van der Waals surface area contributed by atoms with Gasteiger partial charge in [-0.3, -0.25) is 4.79 Å². The summed E-state index contributed by atoms with van der Waals surface area (Å²) in [4.78, 5) is 14.3. The summed E-state index contributed by atoms with van der Waals surface area (Å²) in [7, 11) is 0. The molecule has 3 rings (SSSR count). The van der Waals surface area contributed by atoms with Gasteiger partial charge in [0.2, 0.25) is 5.91 Å². The third-order valence-corrected chi connectivity index (χ3v) is 4.86. The van der Waals surface area contributed by atoms with Crippen molar-refractivity contribution in [2.45, 2.75) is 44.6 Å². The molecule has 1 saturated heterocycles. The molecule has 0 aromatic rings. The number of fused-ring (bicyclic) bond motifs is 1. The smallest absolute Gasteiger partial charge is 0.225 e. The van der Waals surface area contributed by atoms with Crippen molar-refractivity contribution in [3.8, 4) is 0 Å². The molecule has 0 bridgehead atoms. The summed E-state index contributed by atoms with van der Waals surface area (Å²) in [6.07, 6.45) is 7.04. The van der Waals surface area contributed by atoms with Gasteiger partial charge in [0.25, 0.3) is 0 Å². The largest absolute Gasteiger partial charge is 0.342 e. The van der Waals surface area contributed by atoms with Crippen LogP contribution in [-0.2, 0) is 4.79 Å².